The lowest BCUT2D eigenvalue weighted by atomic mass is 9.98. The smallest absolute Gasteiger partial charge is 0.229 e. The number of aryl methyl sites for hydroxylation is 1. The van der Waals surface area contributed by atoms with E-state index in [0.29, 0.717) is 0 Å². The van der Waals surface area contributed by atoms with Crippen molar-refractivity contribution in [3.63, 3.8) is 0 Å². The molecule has 0 aliphatic carbocycles. The third-order valence-electron chi connectivity index (χ3n) is 6.27. The van der Waals surface area contributed by atoms with Gasteiger partial charge in [-0.15, -0.1) is 0 Å². The molecule has 1 unspecified atom stereocenters. The number of carbonyl (C=O) groups excluding carboxylic acids is 2. The predicted octanol–water partition coefficient (Wildman–Crippen LogP) is 4.79. The summed E-state index contributed by atoms with van der Waals surface area (Å²) in [5.41, 5.74) is 6.44. The number of carbonyl (C=O) groups is 2. The molecule has 4 aromatic rings. The molecule has 0 radical (unpaired) electrons. The number of rotatable bonds is 6. The number of hydrogen-bond donors (Lipinski definition) is 1. The summed E-state index contributed by atoms with van der Waals surface area (Å²) >= 11 is 0. The van der Waals surface area contributed by atoms with E-state index in [1.807, 2.05) is 36.4 Å². The van der Waals surface area contributed by atoms with Gasteiger partial charge in [0.1, 0.15) is 0 Å². The van der Waals surface area contributed by atoms with Gasteiger partial charge in [0.25, 0.3) is 0 Å². The van der Waals surface area contributed by atoms with Gasteiger partial charge in [-0.25, -0.2) is 0 Å². The zero-order valence-corrected chi connectivity index (χ0v) is 18.6. The molecule has 1 aliphatic rings. The van der Waals surface area contributed by atoms with Crippen molar-refractivity contribution in [3.05, 3.63) is 84.4 Å². The van der Waals surface area contributed by atoms with Gasteiger partial charge in [0.05, 0.1) is 24.9 Å². The number of hydrogen-bond acceptors (Lipinski definition) is 3. The van der Waals surface area contributed by atoms with Gasteiger partial charge in [0, 0.05) is 29.3 Å². The second-order valence-electron chi connectivity index (χ2n) is 8.64. The Balaban J connectivity index is 1.68. The highest BCUT2D eigenvalue weighted by atomic mass is 16.3. The molecule has 5 rings (SSSR count). The molecule has 1 saturated heterocycles. The molecule has 0 bridgehead atoms. The van der Waals surface area contributed by atoms with Crippen molar-refractivity contribution in [2.75, 3.05) is 6.54 Å². The maximum absolute atomic E-state index is 12.1. The van der Waals surface area contributed by atoms with E-state index in [1.54, 1.807) is 0 Å². The number of benzene rings is 3. The average molecular weight is 439 g/mol. The van der Waals surface area contributed by atoms with Crippen LogP contribution in [0.1, 0.15) is 18.4 Å². The first-order valence-corrected chi connectivity index (χ1v) is 11.3. The van der Waals surface area contributed by atoms with E-state index in [0.717, 1.165) is 38.9 Å². The fraction of sp³-hybridized carbons (Fsp3) is 0.214. The van der Waals surface area contributed by atoms with E-state index in [4.69, 9.17) is 0 Å². The van der Waals surface area contributed by atoms with Crippen molar-refractivity contribution in [2.24, 2.45) is 0 Å². The van der Waals surface area contributed by atoms with Crippen molar-refractivity contribution >= 4 is 22.7 Å². The van der Waals surface area contributed by atoms with Gasteiger partial charge in [0.2, 0.25) is 11.8 Å². The molecule has 1 atom stereocenters. The largest absolute Gasteiger partial charge is 0.389 e. The SMILES string of the molecule is Cc1ccc2c(c1)c(-c1ccccc1)c(-c1ccccc1)n2CC(O)CN1C(=O)CCC1=O. The van der Waals surface area contributed by atoms with Crippen molar-refractivity contribution < 1.29 is 14.7 Å². The van der Waals surface area contributed by atoms with E-state index in [2.05, 4.69) is 54.0 Å². The minimum atomic E-state index is -0.876. The first-order chi connectivity index (χ1) is 16.0. The van der Waals surface area contributed by atoms with Crippen LogP contribution in [-0.4, -0.2) is 39.0 Å². The third-order valence-corrected chi connectivity index (χ3v) is 6.27. The Bertz CT molecular complexity index is 1310. The van der Waals surface area contributed by atoms with Gasteiger partial charge in [-0.2, -0.15) is 0 Å². The van der Waals surface area contributed by atoms with E-state index in [-0.39, 0.29) is 37.7 Å². The lowest BCUT2D eigenvalue weighted by Gasteiger charge is -2.21. The lowest BCUT2D eigenvalue weighted by molar-refractivity contribution is -0.140. The zero-order valence-electron chi connectivity index (χ0n) is 18.6. The number of β-amino-alcohol motifs (C(OH)–C–C–N with tert-alkyl or cyclic N) is 1. The molecule has 5 heteroatoms. The van der Waals surface area contributed by atoms with Gasteiger partial charge in [-0.1, -0.05) is 72.3 Å². The number of likely N-dealkylation sites (tertiary alicyclic amines) is 1. The highest BCUT2D eigenvalue weighted by Crippen LogP contribution is 2.41. The van der Waals surface area contributed by atoms with Crippen molar-refractivity contribution in [3.8, 4) is 22.4 Å². The molecule has 5 nitrogen and oxygen atoms in total. The predicted molar refractivity (Wildman–Crippen MR) is 130 cm³/mol. The fourth-order valence-corrected chi connectivity index (χ4v) is 4.76. The fourth-order valence-electron chi connectivity index (χ4n) is 4.76. The normalized spacial score (nSPS) is 14.9. The minimum Gasteiger partial charge on any atom is -0.389 e. The molecule has 1 aliphatic heterocycles. The van der Waals surface area contributed by atoms with E-state index in [9.17, 15) is 14.7 Å². The maximum Gasteiger partial charge on any atom is 0.229 e. The van der Waals surface area contributed by atoms with Crippen LogP contribution in [0.3, 0.4) is 0 Å². The van der Waals surface area contributed by atoms with E-state index in [1.165, 1.54) is 4.90 Å². The summed E-state index contributed by atoms with van der Waals surface area (Å²) in [6, 6.07) is 26.8. The molecule has 2 heterocycles. The number of nitrogens with zero attached hydrogens (tertiary/aromatic N) is 2. The first kappa shape index (κ1) is 21.2. The molecular formula is C28H26N2O3. The molecule has 1 N–H and O–H groups in total. The molecule has 0 saturated carbocycles. The monoisotopic (exact) mass is 438 g/mol. The van der Waals surface area contributed by atoms with Crippen molar-refractivity contribution in [2.45, 2.75) is 32.4 Å². The molecule has 3 aromatic carbocycles. The third kappa shape index (κ3) is 3.96. The van der Waals surface area contributed by atoms with Crippen LogP contribution in [0.5, 0.6) is 0 Å². The molecule has 33 heavy (non-hydrogen) atoms. The second kappa shape index (κ2) is 8.68. The molecule has 1 fully saturated rings. The minimum absolute atomic E-state index is 0.0120. The van der Waals surface area contributed by atoms with Crippen LogP contribution >= 0.6 is 0 Å². The van der Waals surface area contributed by atoms with Gasteiger partial charge in [-0.05, 0) is 30.2 Å². The van der Waals surface area contributed by atoms with Crippen LogP contribution in [0.25, 0.3) is 33.3 Å². The van der Waals surface area contributed by atoms with Crippen LogP contribution < -0.4 is 0 Å². The van der Waals surface area contributed by atoms with Crippen LogP contribution in [0.2, 0.25) is 0 Å². The van der Waals surface area contributed by atoms with Gasteiger partial charge in [-0.3, -0.25) is 14.5 Å². The number of fused-ring (bicyclic) bond motifs is 1. The van der Waals surface area contributed by atoms with Crippen LogP contribution in [0.15, 0.2) is 78.9 Å². The summed E-state index contributed by atoms with van der Waals surface area (Å²) in [6.45, 7) is 2.36. The summed E-state index contributed by atoms with van der Waals surface area (Å²) in [4.78, 5) is 25.4. The van der Waals surface area contributed by atoms with Gasteiger partial charge >= 0.3 is 0 Å². The highest BCUT2D eigenvalue weighted by Gasteiger charge is 2.31. The standard InChI is InChI=1S/C28H26N2O3/c1-19-12-13-24-23(16-19)27(20-8-4-2-5-9-20)28(21-10-6-3-7-11-21)29(24)17-22(31)18-30-25(32)14-15-26(30)33/h2-13,16,22,31H,14-15,17-18H2,1H3. The Hall–Kier alpha value is -3.70. The zero-order chi connectivity index (χ0) is 22.9. The first-order valence-electron chi connectivity index (χ1n) is 11.3. The summed E-state index contributed by atoms with van der Waals surface area (Å²) in [7, 11) is 0. The van der Waals surface area contributed by atoms with Gasteiger partial charge in [0.15, 0.2) is 0 Å². The summed E-state index contributed by atoms with van der Waals surface area (Å²) in [5, 5.41) is 12.1. The van der Waals surface area contributed by atoms with Crippen molar-refractivity contribution in [1.29, 1.82) is 0 Å². The number of amides is 2. The number of aromatic nitrogens is 1. The van der Waals surface area contributed by atoms with Gasteiger partial charge < -0.3 is 9.67 Å². The van der Waals surface area contributed by atoms with Crippen LogP contribution in [0, 0.1) is 6.92 Å². The number of aliphatic hydroxyl groups excluding tert-OH is 1. The topological polar surface area (TPSA) is 62.5 Å². The van der Waals surface area contributed by atoms with Crippen LogP contribution in [0.4, 0.5) is 0 Å². The summed E-state index contributed by atoms with van der Waals surface area (Å²) in [5.74, 6) is -0.416. The summed E-state index contributed by atoms with van der Waals surface area (Å²) in [6.07, 6.45) is -0.422. The Kier molecular flexibility index (Phi) is 5.56. The maximum atomic E-state index is 12.1. The second-order valence-corrected chi connectivity index (χ2v) is 8.64. The Morgan fingerprint density at radius 1 is 0.818 bits per heavy atom. The molecule has 0 spiro atoms. The molecule has 1 aromatic heterocycles. The average Bonchev–Trinajstić information content (AvgIpc) is 3.31. The Labute approximate surface area is 192 Å². The Morgan fingerprint density at radius 3 is 2.06 bits per heavy atom. The van der Waals surface area contributed by atoms with E-state index < -0.39 is 6.10 Å². The van der Waals surface area contributed by atoms with Crippen LogP contribution in [-0.2, 0) is 16.1 Å². The quantitative estimate of drug-likeness (QED) is 0.440. The number of imide groups is 1. The molecule has 2 amide bonds. The van der Waals surface area contributed by atoms with E-state index >= 15 is 0 Å². The lowest BCUT2D eigenvalue weighted by Crippen LogP contribution is -2.38. The molecular weight excluding hydrogens is 412 g/mol. The summed E-state index contributed by atoms with van der Waals surface area (Å²) < 4.78 is 2.13. The van der Waals surface area contributed by atoms with Crippen molar-refractivity contribution in [1.82, 2.24) is 9.47 Å². The Morgan fingerprint density at radius 2 is 1.42 bits per heavy atom. The number of aliphatic hydroxyl groups is 1. The highest BCUT2D eigenvalue weighted by molar-refractivity contribution is 6.05. The molecule has 166 valence electrons.